The number of hydrogen-bond acceptors (Lipinski definition) is 2. The maximum absolute atomic E-state index is 4.15. The molecule has 0 atom stereocenters. The fraction of sp³-hybridized carbons (Fsp3) is 0.214. The van der Waals surface area contributed by atoms with Gasteiger partial charge in [0.15, 0.2) is 0 Å². The maximum Gasteiger partial charge on any atom is 0.0489 e. The monoisotopic (exact) mass is 290 g/mol. The van der Waals surface area contributed by atoms with E-state index in [1.165, 1.54) is 16.7 Å². The van der Waals surface area contributed by atoms with Crippen molar-refractivity contribution in [2.75, 3.05) is 5.32 Å². The van der Waals surface area contributed by atoms with Crippen molar-refractivity contribution < 1.29 is 0 Å². The molecule has 2 rings (SSSR count). The first-order chi connectivity index (χ1) is 8.16. The van der Waals surface area contributed by atoms with Crippen LogP contribution in [-0.2, 0) is 6.54 Å². The van der Waals surface area contributed by atoms with Gasteiger partial charge in [-0.3, -0.25) is 4.98 Å². The molecule has 1 N–H and O–H groups in total. The predicted octanol–water partition coefficient (Wildman–Crippen LogP) is 4.07. The lowest BCUT2D eigenvalue weighted by Crippen LogP contribution is -2.02. The molecule has 0 saturated carbocycles. The normalized spacial score (nSPS) is 10.3. The van der Waals surface area contributed by atoms with Gasteiger partial charge in [-0.1, -0.05) is 6.07 Å². The highest BCUT2D eigenvalue weighted by Gasteiger charge is 2.01. The van der Waals surface area contributed by atoms with Crippen LogP contribution in [0, 0.1) is 13.8 Å². The van der Waals surface area contributed by atoms with Gasteiger partial charge >= 0.3 is 0 Å². The highest BCUT2D eigenvalue weighted by atomic mass is 79.9. The van der Waals surface area contributed by atoms with Gasteiger partial charge in [0.25, 0.3) is 0 Å². The van der Waals surface area contributed by atoms with E-state index >= 15 is 0 Å². The zero-order valence-corrected chi connectivity index (χ0v) is 11.6. The molecule has 0 aliphatic heterocycles. The third-order valence-corrected chi connectivity index (χ3v) is 3.43. The lowest BCUT2D eigenvalue weighted by molar-refractivity contribution is 1.08. The molecule has 3 heteroatoms. The zero-order valence-electron chi connectivity index (χ0n) is 10.00. The lowest BCUT2D eigenvalue weighted by Gasteiger charge is -2.10. The molecule has 0 amide bonds. The largest absolute Gasteiger partial charge is 0.380 e. The molecular formula is C14H15BrN2. The van der Waals surface area contributed by atoms with E-state index in [-0.39, 0.29) is 0 Å². The van der Waals surface area contributed by atoms with Crippen molar-refractivity contribution in [1.82, 2.24) is 4.98 Å². The van der Waals surface area contributed by atoms with Gasteiger partial charge in [-0.2, -0.15) is 0 Å². The number of hydrogen-bond donors (Lipinski definition) is 1. The van der Waals surface area contributed by atoms with Crippen LogP contribution in [0.15, 0.2) is 41.1 Å². The summed E-state index contributed by atoms with van der Waals surface area (Å²) >= 11 is 3.54. The standard InChI is InChI=1S/C14H15BrN2/c1-10-3-4-13(15)14(7-10)17-9-12-8-16-6-5-11(12)2/h3-8,17H,9H2,1-2H3. The van der Waals surface area contributed by atoms with Crippen LogP contribution in [0.2, 0.25) is 0 Å². The van der Waals surface area contributed by atoms with Gasteiger partial charge in [0.2, 0.25) is 0 Å². The third-order valence-electron chi connectivity index (χ3n) is 2.74. The number of rotatable bonds is 3. The number of benzene rings is 1. The summed E-state index contributed by atoms with van der Waals surface area (Å²) in [6.07, 6.45) is 3.73. The Bertz CT molecular complexity index is 523. The SMILES string of the molecule is Cc1ccc(Br)c(NCc2cnccc2C)c1. The zero-order chi connectivity index (χ0) is 12.3. The Labute approximate surface area is 110 Å². The van der Waals surface area contributed by atoms with Crippen molar-refractivity contribution >= 4 is 21.6 Å². The van der Waals surface area contributed by atoms with Crippen LogP contribution in [-0.4, -0.2) is 4.98 Å². The lowest BCUT2D eigenvalue weighted by atomic mass is 10.1. The number of nitrogens with one attached hydrogen (secondary N) is 1. The summed E-state index contributed by atoms with van der Waals surface area (Å²) in [5, 5.41) is 3.42. The highest BCUT2D eigenvalue weighted by Crippen LogP contribution is 2.24. The molecule has 1 heterocycles. The average Bonchev–Trinajstić information content (AvgIpc) is 2.32. The molecule has 0 aliphatic carbocycles. The molecule has 88 valence electrons. The summed E-state index contributed by atoms with van der Waals surface area (Å²) in [6.45, 7) is 4.98. The second kappa shape index (κ2) is 5.32. The summed E-state index contributed by atoms with van der Waals surface area (Å²) < 4.78 is 1.09. The molecule has 0 aliphatic rings. The van der Waals surface area contributed by atoms with Crippen LogP contribution in [0.1, 0.15) is 16.7 Å². The molecule has 0 unspecified atom stereocenters. The molecule has 17 heavy (non-hydrogen) atoms. The van der Waals surface area contributed by atoms with Crippen LogP contribution in [0.25, 0.3) is 0 Å². The van der Waals surface area contributed by atoms with Crippen LogP contribution < -0.4 is 5.32 Å². The fourth-order valence-corrected chi connectivity index (χ4v) is 2.03. The number of nitrogens with zero attached hydrogens (tertiary/aromatic N) is 1. The van der Waals surface area contributed by atoms with E-state index in [4.69, 9.17) is 0 Å². The molecular weight excluding hydrogens is 276 g/mol. The number of pyridine rings is 1. The number of aryl methyl sites for hydroxylation is 2. The molecule has 0 bridgehead atoms. The van der Waals surface area contributed by atoms with Crippen molar-refractivity contribution in [2.45, 2.75) is 20.4 Å². The van der Waals surface area contributed by atoms with Crippen molar-refractivity contribution in [3.8, 4) is 0 Å². The Hall–Kier alpha value is -1.35. The number of halogens is 1. The van der Waals surface area contributed by atoms with Gasteiger partial charge in [0, 0.05) is 29.1 Å². The smallest absolute Gasteiger partial charge is 0.0489 e. The first-order valence-corrected chi connectivity index (χ1v) is 6.35. The average molecular weight is 291 g/mol. The van der Waals surface area contributed by atoms with Gasteiger partial charge in [-0.25, -0.2) is 0 Å². The van der Waals surface area contributed by atoms with E-state index < -0.39 is 0 Å². The Morgan fingerprint density at radius 1 is 1.24 bits per heavy atom. The van der Waals surface area contributed by atoms with Crippen molar-refractivity contribution in [3.63, 3.8) is 0 Å². The molecule has 0 saturated heterocycles. The van der Waals surface area contributed by atoms with Crippen LogP contribution in [0.4, 0.5) is 5.69 Å². The highest BCUT2D eigenvalue weighted by molar-refractivity contribution is 9.10. The van der Waals surface area contributed by atoms with Gasteiger partial charge in [0.05, 0.1) is 0 Å². The second-order valence-corrected chi connectivity index (χ2v) is 4.99. The minimum Gasteiger partial charge on any atom is -0.380 e. The molecule has 0 radical (unpaired) electrons. The van der Waals surface area contributed by atoms with Crippen LogP contribution >= 0.6 is 15.9 Å². The van der Waals surface area contributed by atoms with Crippen molar-refractivity contribution in [1.29, 1.82) is 0 Å². The van der Waals surface area contributed by atoms with Crippen LogP contribution in [0.5, 0.6) is 0 Å². The van der Waals surface area contributed by atoms with Gasteiger partial charge in [-0.15, -0.1) is 0 Å². The molecule has 0 fully saturated rings. The Balaban J connectivity index is 2.12. The Kier molecular flexibility index (Phi) is 3.79. The Morgan fingerprint density at radius 3 is 2.82 bits per heavy atom. The van der Waals surface area contributed by atoms with Gasteiger partial charge < -0.3 is 5.32 Å². The summed E-state index contributed by atoms with van der Waals surface area (Å²) in [5.41, 5.74) is 4.85. The van der Waals surface area contributed by atoms with Crippen LogP contribution in [0.3, 0.4) is 0 Å². The van der Waals surface area contributed by atoms with Crippen molar-refractivity contribution in [2.24, 2.45) is 0 Å². The van der Waals surface area contributed by atoms with Crippen molar-refractivity contribution in [3.05, 3.63) is 57.8 Å². The van der Waals surface area contributed by atoms with Gasteiger partial charge in [0.1, 0.15) is 0 Å². The summed E-state index contributed by atoms with van der Waals surface area (Å²) in [5.74, 6) is 0. The maximum atomic E-state index is 4.15. The second-order valence-electron chi connectivity index (χ2n) is 4.14. The molecule has 2 nitrogen and oxygen atoms in total. The summed E-state index contributed by atoms with van der Waals surface area (Å²) in [4.78, 5) is 4.15. The van der Waals surface area contributed by atoms with E-state index in [0.717, 1.165) is 16.7 Å². The van der Waals surface area contributed by atoms with Gasteiger partial charge in [-0.05, 0) is 64.7 Å². The molecule has 2 aromatic rings. The summed E-state index contributed by atoms with van der Waals surface area (Å²) in [6, 6.07) is 8.32. The minimum absolute atomic E-state index is 0.793. The third kappa shape index (κ3) is 3.07. The number of aromatic nitrogens is 1. The quantitative estimate of drug-likeness (QED) is 0.922. The minimum atomic E-state index is 0.793. The number of anilines is 1. The predicted molar refractivity (Wildman–Crippen MR) is 75.2 cm³/mol. The van der Waals surface area contributed by atoms with E-state index in [0.29, 0.717) is 0 Å². The van der Waals surface area contributed by atoms with E-state index in [1.54, 1.807) is 0 Å². The topological polar surface area (TPSA) is 24.9 Å². The molecule has 0 spiro atoms. The molecule has 1 aromatic carbocycles. The Morgan fingerprint density at radius 2 is 2.06 bits per heavy atom. The summed E-state index contributed by atoms with van der Waals surface area (Å²) in [7, 11) is 0. The first-order valence-electron chi connectivity index (χ1n) is 5.56. The fourth-order valence-electron chi connectivity index (χ4n) is 1.65. The molecule has 1 aromatic heterocycles. The van der Waals surface area contributed by atoms with E-state index in [2.05, 4.69) is 58.3 Å². The van der Waals surface area contributed by atoms with E-state index in [1.807, 2.05) is 18.5 Å². The first kappa shape index (κ1) is 12.1. The van der Waals surface area contributed by atoms with E-state index in [9.17, 15) is 0 Å².